The molecule has 1 saturated carbocycles. The molecule has 1 aliphatic carbocycles. The zero-order valence-corrected chi connectivity index (χ0v) is 11.0. The summed E-state index contributed by atoms with van der Waals surface area (Å²) in [4.78, 5) is 14.2. The fourth-order valence-corrected chi connectivity index (χ4v) is 2.34. The van der Waals surface area contributed by atoms with E-state index in [-0.39, 0.29) is 18.2 Å². The van der Waals surface area contributed by atoms with Gasteiger partial charge in [-0.3, -0.25) is 0 Å². The number of hydrogen-bond acceptors (Lipinski definition) is 5. The lowest BCUT2D eigenvalue weighted by atomic mass is 9.85. The molecule has 2 rings (SSSR count). The highest BCUT2D eigenvalue weighted by atomic mass is 16.6. The molecule has 0 spiro atoms. The first-order valence-electron chi connectivity index (χ1n) is 6.47. The van der Waals surface area contributed by atoms with Crippen molar-refractivity contribution in [2.75, 3.05) is 6.61 Å². The maximum absolute atomic E-state index is 10.9. The third-order valence-electron chi connectivity index (χ3n) is 3.43. The summed E-state index contributed by atoms with van der Waals surface area (Å²) in [6, 6.07) is 3.19. The third kappa shape index (κ3) is 3.41. The quantitative estimate of drug-likeness (QED) is 0.668. The molecule has 1 N–H and O–H groups in total. The van der Waals surface area contributed by atoms with E-state index in [0.29, 0.717) is 18.5 Å². The summed E-state index contributed by atoms with van der Waals surface area (Å²) in [6.45, 7) is 1.77. The van der Waals surface area contributed by atoms with Crippen molar-refractivity contribution in [1.82, 2.24) is 4.98 Å². The van der Waals surface area contributed by atoms with Crippen molar-refractivity contribution in [2.45, 2.75) is 44.6 Å². The average molecular weight is 266 g/mol. The van der Waals surface area contributed by atoms with Crippen molar-refractivity contribution in [3.8, 4) is 5.75 Å². The van der Waals surface area contributed by atoms with Crippen LogP contribution in [0.25, 0.3) is 0 Å². The Balaban J connectivity index is 2.08. The number of nitrogens with zero attached hydrogens (tertiary/aromatic N) is 2. The van der Waals surface area contributed by atoms with Crippen molar-refractivity contribution in [3.05, 3.63) is 27.9 Å². The molecule has 0 aliphatic heterocycles. The van der Waals surface area contributed by atoms with E-state index in [1.165, 1.54) is 6.07 Å². The standard InChI is InChI=1S/C13H18N2O4/c1-10-5-6-11(12(14-10)15(17)18)19-9-13(16)7-3-2-4-8-13/h5-6,16H,2-4,7-9H2,1H3. The van der Waals surface area contributed by atoms with E-state index in [1.54, 1.807) is 13.0 Å². The van der Waals surface area contributed by atoms with E-state index in [2.05, 4.69) is 4.98 Å². The van der Waals surface area contributed by atoms with Gasteiger partial charge in [-0.1, -0.05) is 19.3 Å². The molecule has 104 valence electrons. The maximum atomic E-state index is 10.9. The number of nitro groups is 1. The molecule has 0 bridgehead atoms. The number of rotatable bonds is 4. The number of aryl methyl sites for hydroxylation is 1. The lowest BCUT2D eigenvalue weighted by Gasteiger charge is -2.31. The largest absolute Gasteiger partial charge is 0.483 e. The smallest absolute Gasteiger partial charge is 0.406 e. The Labute approximate surface area is 111 Å². The van der Waals surface area contributed by atoms with Crippen molar-refractivity contribution >= 4 is 5.82 Å². The van der Waals surface area contributed by atoms with Crippen LogP contribution in [-0.4, -0.2) is 27.2 Å². The van der Waals surface area contributed by atoms with E-state index in [4.69, 9.17) is 4.74 Å². The molecule has 1 aliphatic rings. The van der Waals surface area contributed by atoms with E-state index in [1.807, 2.05) is 0 Å². The fourth-order valence-electron chi connectivity index (χ4n) is 2.34. The van der Waals surface area contributed by atoms with E-state index in [0.717, 1.165) is 19.3 Å². The Hall–Kier alpha value is -1.69. The van der Waals surface area contributed by atoms with Gasteiger partial charge in [0, 0.05) is 6.92 Å². The molecule has 6 nitrogen and oxygen atoms in total. The molecule has 1 fully saturated rings. The van der Waals surface area contributed by atoms with Crippen LogP contribution in [0.4, 0.5) is 5.82 Å². The van der Waals surface area contributed by atoms with Gasteiger partial charge < -0.3 is 20.0 Å². The van der Waals surface area contributed by atoms with Crippen LogP contribution in [0.3, 0.4) is 0 Å². The summed E-state index contributed by atoms with van der Waals surface area (Å²) in [5, 5.41) is 21.2. The molecule has 0 aromatic carbocycles. The first-order chi connectivity index (χ1) is 9.00. The van der Waals surface area contributed by atoms with Crippen LogP contribution >= 0.6 is 0 Å². The summed E-state index contributed by atoms with van der Waals surface area (Å²) < 4.78 is 5.44. The van der Waals surface area contributed by atoms with Crippen molar-refractivity contribution in [2.24, 2.45) is 0 Å². The van der Waals surface area contributed by atoms with Gasteiger partial charge in [0.05, 0.1) is 5.60 Å². The van der Waals surface area contributed by atoms with E-state index >= 15 is 0 Å². The maximum Gasteiger partial charge on any atom is 0.406 e. The Morgan fingerprint density at radius 1 is 1.42 bits per heavy atom. The number of aliphatic hydroxyl groups is 1. The molecule has 0 saturated heterocycles. The zero-order valence-electron chi connectivity index (χ0n) is 11.0. The minimum Gasteiger partial charge on any atom is -0.483 e. The highest BCUT2D eigenvalue weighted by Gasteiger charge is 2.31. The second-order valence-corrected chi connectivity index (χ2v) is 5.11. The third-order valence-corrected chi connectivity index (χ3v) is 3.43. The van der Waals surface area contributed by atoms with Gasteiger partial charge in [0.25, 0.3) is 0 Å². The lowest BCUT2D eigenvalue weighted by Crippen LogP contribution is -2.38. The molecule has 1 aromatic rings. The number of ether oxygens (including phenoxy) is 1. The molecule has 1 heterocycles. The van der Waals surface area contributed by atoms with Gasteiger partial charge in [0.2, 0.25) is 5.75 Å². The molecular formula is C13H18N2O4. The molecule has 6 heteroatoms. The van der Waals surface area contributed by atoms with Crippen LogP contribution in [0, 0.1) is 17.0 Å². The van der Waals surface area contributed by atoms with Gasteiger partial charge in [-0.05, 0) is 34.9 Å². The van der Waals surface area contributed by atoms with Crippen molar-refractivity contribution < 1.29 is 14.8 Å². The summed E-state index contributed by atoms with van der Waals surface area (Å²) >= 11 is 0. The number of pyridine rings is 1. The highest BCUT2D eigenvalue weighted by Crippen LogP contribution is 2.31. The average Bonchev–Trinajstić information content (AvgIpc) is 2.38. The van der Waals surface area contributed by atoms with Crippen LogP contribution in [0.5, 0.6) is 5.75 Å². The van der Waals surface area contributed by atoms with E-state index < -0.39 is 10.5 Å². The van der Waals surface area contributed by atoms with Gasteiger partial charge >= 0.3 is 5.82 Å². The Kier molecular flexibility index (Phi) is 3.99. The fraction of sp³-hybridized carbons (Fsp3) is 0.615. The molecule has 19 heavy (non-hydrogen) atoms. The van der Waals surface area contributed by atoms with Crippen LogP contribution < -0.4 is 4.74 Å². The minimum atomic E-state index is -0.864. The highest BCUT2D eigenvalue weighted by molar-refractivity contribution is 5.40. The monoisotopic (exact) mass is 266 g/mol. The van der Waals surface area contributed by atoms with Crippen LogP contribution in [0.1, 0.15) is 37.8 Å². The van der Waals surface area contributed by atoms with Gasteiger partial charge in [-0.2, -0.15) is 0 Å². The summed E-state index contributed by atoms with van der Waals surface area (Å²) in [7, 11) is 0. The normalized spacial score (nSPS) is 18.0. The van der Waals surface area contributed by atoms with Crippen molar-refractivity contribution in [1.29, 1.82) is 0 Å². The van der Waals surface area contributed by atoms with E-state index in [9.17, 15) is 15.2 Å². The number of hydrogen-bond donors (Lipinski definition) is 1. The molecule has 0 atom stereocenters. The van der Waals surface area contributed by atoms with Crippen molar-refractivity contribution in [3.63, 3.8) is 0 Å². The zero-order chi connectivity index (χ0) is 13.9. The van der Waals surface area contributed by atoms with Crippen LogP contribution in [-0.2, 0) is 0 Å². The molecular weight excluding hydrogens is 248 g/mol. The van der Waals surface area contributed by atoms with Gasteiger partial charge in [-0.15, -0.1) is 0 Å². The predicted molar refractivity (Wildman–Crippen MR) is 69.2 cm³/mol. The second-order valence-electron chi connectivity index (χ2n) is 5.11. The first kappa shape index (κ1) is 13.7. The van der Waals surface area contributed by atoms with Gasteiger partial charge in [0.1, 0.15) is 12.3 Å². The lowest BCUT2D eigenvalue weighted by molar-refractivity contribution is -0.390. The second kappa shape index (κ2) is 5.52. The first-order valence-corrected chi connectivity index (χ1v) is 6.47. The number of aromatic nitrogens is 1. The SMILES string of the molecule is Cc1ccc(OCC2(O)CCCCC2)c([N+](=O)[O-])n1. The molecule has 0 radical (unpaired) electrons. The molecule has 0 amide bonds. The predicted octanol–water partition coefficient (Wildman–Crippen LogP) is 2.37. The Morgan fingerprint density at radius 2 is 2.11 bits per heavy atom. The Morgan fingerprint density at radius 3 is 2.74 bits per heavy atom. The van der Waals surface area contributed by atoms with Gasteiger partial charge in [0.15, 0.2) is 0 Å². The topological polar surface area (TPSA) is 85.5 Å². The minimum absolute atomic E-state index is 0.0819. The van der Waals surface area contributed by atoms with Gasteiger partial charge in [-0.25, -0.2) is 0 Å². The Bertz CT molecular complexity index is 470. The van der Waals surface area contributed by atoms with Crippen LogP contribution in [0.2, 0.25) is 0 Å². The summed E-state index contributed by atoms with van der Waals surface area (Å²) in [5.74, 6) is -0.172. The van der Waals surface area contributed by atoms with Crippen LogP contribution in [0.15, 0.2) is 12.1 Å². The summed E-state index contributed by atoms with van der Waals surface area (Å²) in [5.41, 5.74) is -0.299. The summed E-state index contributed by atoms with van der Waals surface area (Å²) in [6.07, 6.45) is 4.41. The molecule has 0 unspecified atom stereocenters. The molecule has 1 aromatic heterocycles.